The molecular formula is C15H25FN4O3S. The van der Waals surface area contributed by atoms with Crippen molar-refractivity contribution in [3.05, 3.63) is 30.1 Å². The zero-order valence-corrected chi connectivity index (χ0v) is 15.0. The van der Waals surface area contributed by atoms with Gasteiger partial charge in [0.2, 0.25) is 10.0 Å². The summed E-state index contributed by atoms with van der Waals surface area (Å²) in [5.41, 5.74) is 0. The van der Waals surface area contributed by atoms with E-state index < -0.39 is 15.8 Å². The van der Waals surface area contributed by atoms with Gasteiger partial charge in [0.05, 0.1) is 12.8 Å². The fourth-order valence-electron chi connectivity index (χ4n) is 1.77. The van der Waals surface area contributed by atoms with Gasteiger partial charge in [0.15, 0.2) is 17.5 Å². The van der Waals surface area contributed by atoms with Gasteiger partial charge in [0.1, 0.15) is 6.10 Å². The zero-order valence-electron chi connectivity index (χ0n) is 14.2. The Morgan fingerprint density at radius 2 is 2.00 bits per heavy atom. The molecule has 0 bridgehead atoms. The van der Waals surface area contributed by atoms with Gasteiger partial charge in [0, 0.05) is 19.6 Å². The van der Waals surface area contributed by atoms with Gasteiger partial charge < -0.3 is 15.4 Å². The molecule has 0 aliphatic heterocycles. The topological polar surface area (TPSA) is 91.8 Å². The zero-order chi connectivity index (χ0) is 18.0. The van der Waals surface area contributed by atoms with Crippen molar-refractivity contribution in [2.45, 2.75) is 20.0 Å². The molecular weight excluding hydrogens is 335 g/mol. The van der Waals surface area contributed by atoms with Gasteiger partial charge in [0.25, 0.3) is 0 Å². The number of benzene rings is 1. The summed E-state index contributed by atoms with van der Waals surface area (Å²) < 4.78 is 43.4. The van der Waals surface area contributed by atoms with E-state index in [1.54, 1.807) is 25.1 Å². The highest BCUT2D eigenvalue weighted by atomic mass is 32.2. The van der Waals surface area contributed by atoms with Gasteiger partial charge in [-0.3, -0.25) is 0 Å². The molecule has 7 nitrogen and oxygen atoms in total. The maximum Gasteiger partial charge on any atom is 0.208 e. The number of guanidine groups is 1. The van der Waals surface area contributed by atoms with Crippen LogP contribution in [0.5, 0.6) is 5.75 Å². The van der Waals surface area contributed by atoms with Crippen LogP contribution >= 0.6 is 0 Å². The Bertz CT molecular complexity index is 637. The maximum atomic E-state index is 13.5. The molecule has 0 heterocycles. The van der Waals surface area contributed by atoms with Gasteiger partial charge in [-0.25, -0.2) is 22.5 Å². The normalized spacial score (nSPS) is 13.4. The molecule has 0 aromatic heterocycles. The van der Waals surface area contributed by atoms with E-state index in [0.717, 1.165) is 6.26 Å². The minimum absolute atomic E-state index is 0.190. The third-order valence-corrected chi connectivity index (χ3v) is 3.53. The molecule has 1 atom stereocenters. The summed E-state index contributed by atoms with van der Waals surface area (Å²) in [6.07, 6.45) is 0.792. The lowest BCUT2D eigenvalue weighted by Gasteiger charge is -2.15. The van der Waals surface area contributed by atoms with Crippen LogP contribution in [-0.2, 0) is 10.0 Å². The second kappa shape index (κ2) is 10.1. The first-order valence-electron chi connectivity index (χ1n) is 7.70. The van der Waals surface area contributed by atoms with Crippen molar-refractivity contribution in [1.82, 2.24) is 15.4 Å². The number of nitrogens with zero attached hydrogens (tertiary/aromatic N) is 1. The van der Waals surface area contributed by atoms with E-state index in [9.17, 15) is 12.8 Å². The molecule has 1 unspecified atom stereocenters. The van der Waals surface area contributed by atoms with Crippen molar-refractivity contribution in [2.24, 2.45) is 4.99 Å². The lowest BCUT2D eigenvalue weighted by Crippen LogP contribution is -2.41. The van der Waals surface area contributed by atoms with Crippen LogP contribution in [0.15, 0.2) is 29.3 Å². The van der Waals surface area contributed by atoms with E-state index in [-0.39, 0.29) is 18.4 Å². The number of rotatable bonds is 9. The Morgan fingerprint density at radius 1 is 1.29 bits per heavy atom. The van der Waals surface area contributed by atoms with Crippen LogP contribution in [-0.4, -0.2) is 52.9 Å². The van der Waals surface area contributed by atoms with Crippen LogP contribution in [0.3, 0.4) is 0 Å². The Morgan fingerprint density at radius 3 is 2.62 bits per heavy atom. The molecule has 0 aliphatic rings. The van der Waals surface area contributed by atoms with Crippen LogP contribution < -0.4 is 20.1 Å². The molecule has 1 rings (SSSR count). The number of aliphatic imine (C=N–C) groups is 1. The first-order chi connectivity index (χ1) is 11.3. The summed E-state index contributed by atoms with van der Waals surface area (Å²) in [7, 11) is -3.20. The van der Waals surface area contributed by atoms with Crippen molar-refractivity contribution in [1.29, 1.82) is 0 Å². The molecule has 9 heteroatoms. The minimum atomic E-state index is -3.20. The van der Waals surface area contributed by atoms with Gasteiger partial charge in [-0.1, -0.05) is 12.1 Å². The molecule has 1 aromatic carbocycles. The predicted molar refractivity (Wildman–Crippen MR) is 93.3 cm³/mol. The third kappa shape index (κ3) is 8.68. The molecule has 0 amide bonds. The number of ether oxygens (including phenoxy) is 1. The Hall–Kier alpha value is -1.87. The van der Waals surface area contributed by atoms with Crippen molar-refractivity contribution in [3.63, 3.8) is 0 Å². The summed E-state index contributed by atoms with van der Waals surface area (Å²) in [6.45, 7) is 5.35. The SMILES string of the molecule is CCNC(=NCC(C)Oc1ccccc1F)NCCNS(C)(=O)=O. The predicted octanol–water partition coefficient (Wildman–Crippen LogP) is 0.697. The number of hydrogen-bond donors (Lipinski definition) is 3. The van der Waals surface area contributed by atoms with Crippen LogP contribution in [0.4, 0.5) is 4.39 Å². The third-order valence-electron chi connectivity index (χ3n) is 2.80. The molecule has 0 spiro atoms. The largest absolute Gasteiger partial charge is 0.486 e. The second-order valence-electron chi connectivity index (χ2n) is 5.17. The molecule has 0 saturated heterocycles. The molecule has 3 N–H and O–H groups in total. The Balaban J connectivity index is 2.47. The summed E-state index contributed by atoms with van der Waals surface area (Å²) >= 11 is 0. The maximum absolute atomic E-state index is 13.5. The van der Waals surface area contributed by atoms with Crippen LogP contribution in [0.25, 0.3) is 0 Å². The highest BCUT2D eigenvalue weighted by molar-refractivity contribution is 7.88. The first-order valence-corrected chi connectivity index (χ1v) is 9.59. The fraction of sp³-hybridized carbons (Fsp3) is 0.533. The summed E-state index contributed by atoms with van der Waals surface area (Å²) in [5.74, 6) is 0.317. The Labute approximate surface area is 142 Å². The highest BCUT2D eigenvalue weighted by Gasteiger charge is 2.08. The molecule has 0 aliphatic carbocycles. The monoisotopic (exact) mass is 360 g/mol. The average Bonchev–Trinajstić information content (AvgIpc) is 2.50. The molecule has 24 heavy (non-hydrogen) atoms. The smallest absolute Gasteiger partial charge is 0.208 e. The number of hydrogen-bond acceptors (Lipinski definition) is 4. The number of para-hydroxylation sites is 1. The van der Waals surface area contributed by atoms with E-state index in [2.05, 4.69) is 20.3 Å². The van der Waals surface area contributed by atoms with Crippen molar-refractivity contribution in [3.8, 4) is 5.75 Å². The molecule has 1 aromatic rings. The van der Waals surface area contributed by atoms with E-state index in [0.29, 0.717) is 25.6 Å². The lowest BCUT2D eigenvalue weighted by atomic mass is 10.3. The summed E-state index contributed by atoms with van der Waals surface area (Å²) in [4.78, 5) is 4.34. The van der Waals surface area contributed by atoms with E-state index >= 15 is 0 Å². The molecule has 0 fully saturated rings. The Kier molecular flexibility index (Phi) is 8.48. The van der Waals surface area contributed by atoms with Gasteiger partial charge in [-0.2, -0.15) is 0 Å². The lowest BCUT2D eigenvalue weighted by molar-refractivity contribution is 0.220. The molecule has 0 radical (unpaired) electrons. The van der Waals surface area contributed by atoms with Gasteiger partial charge in [-0.15, -0.1) is 0 Å². The fourth-order valence-corrected chi connectivity index (χ4v) is 2.25. The van der Waals surface area contributed by atoms with E-state index in [1.807, 2.05) is 6.92 Å². The quantitative estimate of drug-likeness (QED) is 0.342. The second-order valence-corrected chi connectivity index (χ2v) is 7.00. The standard InChI is InChI=1S/C15H25FN4O3S/c1-4-17-15(18-9-10-20-24(3,21)22)19-11-12(2)23-14-8-6-5-7-13(14)16/h5-8,12,20H,4,9-11H2,1-3H3,(H2,17,18,19). The average molecular weight is 360 g/mol. The van der Waals surface area contributed by atoms with E-state index in [1.165, 1.54) is 6.07 Å². The van der Waals surface area contributed by atoms with Crippen molar-refractivity contribution in [2.75, 3.05) is 32.4 Å². The minimum Gasteiger partial charge on any atom is -0.486 e. The number of halogens is 1. The van der Waals surface area contributed by atoms with Crippen molar-refractivity contribution >= 4 is 16.0 Å². The van der Waals surface area contributed by atoms with Crippen molar-refractivity contribution < 1.29 is 17.5 Å². The highest BCUT2D eigenvalue weighted by Crippen LogP contribution is 2.16. The van der Waals surface area contributed by atoms with E-state index in [4.69, 9.17) is 4.74 Å². The van der Waals surface area contributed by atoms with Gasteiger partial charge >= 0.3 is 0 Å². The van der Waals surface area contributed by atoms with Crippen LogP contribution in [0, 0.1) is 5.82 Å². The first kappa shape index (κ1) is 20.2. The molecule has 0 saturated carbocycles. The summed E-state index contributed by atoms with van der Waals surface area (Å²) in [5, 5.41) is 6.05. The number of nitrogens with one attached hydrogen (secondary N) is 3. The summed E-state index contributed by atoms with van der Waals surface area (Å²) in [6, 6.07) is 6.21. The van der Waals surface area contributed by atoms with Crippen LogP contribution in [0.2, 0.25) is 0 Å². The molecule has 136 valence electrons. The van der Waals surface area contributed by atoms with Crippen LogP contribution in [0.1, 0.15) is 13.8 Å². The number of sulfonamides is 1. The van der Waals surface area contributed by atoms with Gasteiger partial charge in [-0.05, 0) is 26.0 Å².